The third-order valence-electron chi connectivity index (χ3n) is 5.20. The minimum absolute atomic E-state index is 0. The van der Waals surface area contributed by atoms with E-state index < -0.39 is 0 Å². The number of benzene rings is 2. The highest BCUT2D eigenvalue weighted by Gasteiger charge is 2.22. The Labute approximate surface area is 211 Å². The molecule has 0 bridgehead atoms. The van der Waals surface area contributed by atoms with Crippen LogP contribution in [-0.2, 0) is 19.5 Å². The summed E-state index contributed by atoms with van der Waals surface area (Å²) in [7, 11) is 0. The molecule has 0 fully saturated rings. The molecule has 0 radical (unpaired) electrons. The second-order valence-electron chi connectivity index (χ2n) is 7.72. The fourth-order valence-electron chi connectivity index (χ4n) is 3.76. The molecule has 1 aliphatic heterocycles. The van der Waals surface area contributed by atoms with Crippen LogP contribution >= 0.6 is 24.0 Å². The Morgan fingerprint density at radius 3 is 2.88 bits per heavy atom. The molecule has 3 aromatic rings. The maximum atomic E-state index is 5.94. The zero-order chi connectivity index (χ0) is 22.3. The minimum atomic E-state index is 0. The van der Waals surface area contributed by atoms with E-state index in [1.165, 1.54) is 11.9 Å². The third-order valence-corrected chi connectivity index (χ3v) is 5.20. The quantitative estimate of drug-likeness (QED) is 0.218. The molecule has 0 spiro atoms. The lowest BCUT2D eigenvalue weighted by Gasteiger charge is -2.15. The second kappa shape index (κ2) is 11.9. The molecule has 0 aliphatic carbocycles. The van der Waals surface area contributed by atoms with E-state index >= 15 is 0 Å². The molecule has 0 amide bonds. The lowest BCUT2D eigenvalue weighted by Crippen LogP contribution is -2.36. The monoisotopic (exact) mass is 562 g/mol. The Bertz CT molecular complexity index is 1070. The van der Waals surface area contributed by atoms with Crippen molar-refractivity contribution in [1.82, 2.24) is 25.8 Å². The number of aromatic amines is 1. The number of hydrogen-bond donors (Lipinski definition) is 3. The van der Waals surface area contributed by atoms with Gasteiger partial charge in [-0.1, -0.05) is 18.2 Å². The van der Waals surface area contributed by atoms with Crippen molar-refractivity contribution >= 4 is 29.9 Å². The first-order valence-electron chi connectivity index (χ1n) is 11.1. The van der Waals surface area contributed by atoms with Crippen LogP contribution in [0.4, 0.5) is 0 Å². The van der Waals surface area contributed by atoms with Crippen LogP contribution < -0.4 is 20.1 Å². The molecule has 4 rings (SSSR count). The predicted molar refractivity (Wildman–Crippen MR) is 140 cm³/mol. The lowest BCUT2D eigenvalue weighted by molar-refractivity contribution is 0.254. The van der Waals surface area contributed by atoms with Crippen molar-refractivity contribution in [2.75, 3.05) is 13.2 Å². The van der Waals surface area contributed by atoms with Crippen molar-refractivity contribution < 1.29 is 9.47 Å². The average molecular weight is 562 g/mol. The summed E-state index contributed by atoms with van der Waals surface area (Å²) in [5.74, 6) is 3.34. The van der Waals surface area contributed by atoms with Gasteiger partial charge in [-0.2, -0.15) is 5.10 Å². The second-order valence-corrected chi connectivity index (χ2v) is 7.72. The SMILES string of the molecule is CCNC(=NCc1cccc(-c2ncn[nH]2)c1)NCc1cc2c(cc1OCC)CC(C)O2.I. The maximum absolute atomic E-state index is 5.94. The first kappa shape index (κ1) is 24.8. The normalized spacial score (nSPS) is 14.8. The largest absolute Gasteiger partial charge is 0.494 e. The van der Waals surface area contributed by atoms with E-state index in [1.807, 2.05) is 19.1 Å². The number of hydrogen-bond acceptors (Lipinski definition) is 5. The van der Waals surface area contributed by atoms with Crippen molar-refractivity contribution in [2.45, 2.75) is 46.4 Å². The number of fused-ring (bicyclic) bond motifs is 1. The van der Waals surface area contributed by atoms with Gasteiger partial charge in [0.2, 0.25) is 0 Å². The van der Waals surface area contributed by atoms with Gasteiger partial charge in [0.15, 0.2) is 11.8 Å². The zero-order valence-corrected chi connectivity index (χ0v) is 21.6. The van der Waals surface area contributed by atoms with E-state index in [1.54, 1.807) is 0 Å². The summed E-state index contributed by atoms with van der Waals surface area (Å²) >= 11 is 0. The van der Waals surface area contributed by atoms with Gasteiger partial charge < -0.3 is 20.1 Å². The molecule has 1 atom stereocenters. The van der Waals surface area contributed by atoms with Gasteiger partial charge >= 0.3 is 0 Å². The van der Waals surface area contributed by atoms with Crippen LogP contribution in [0.25, 0.3) is 11.4 Å². The summed E-state index contributed by atoms with van der Waals surface area (Å²) in [6.45, 7) is 8.67. The molecule has 0 saturated heterocycles. The predicted octanol–water partition coefficient (Wildman–Crippen LogP) is 4.07. The van der Waals surface area contributed by atoms with Gasteiger partial charge in [0.25, 0.3) is 0 Å². The van der Waals surface area contributed by atoms with Crippen molar-refractivity contribution in [3.8, 4) is 22.9 Å². The number of aromatic nitrogens is 3. The Balaban J connectivity index is 0.00000306. The smallest absolute Gasteiger partial charge is 0.191 e. The molecule has 1 aliphatic rings. The van der Waals surface area contributed by atoms with Crippen molar-refractivity contribution in [2.24, 2.45) is 4.99 Å². The molecule has 2 aromatic carbocycles. The first-order valence-corrected chi connectivity index (χ1v) is 11.1. The van der Waals surface area contributed by atoms with Gasteiger partial charge in [-0.15, -0.1) is 24.0 Å². The Kier molecular flexibility index (Phi) is 8.93. The fraction of sp³-hybridized carbons (Fsp3) is 0.375. The fourth-order valence-corrected chi connectivity index (χ4v) is 3.76. The van der Waals surface area contributed by atoms with Crippen LogP contribution in [-0.4, -0.2) is 40.4 Å². The van der Waals surface area contributed by atoms with E-state index in [-0.39, 0.29) is 30.1 Å². The van der Waals surface area contributed by atoms with E-state index in [4.69, 9.17) is 14.5 Å². The van der Waals surface area contributed by atoms with E-state index in [9.17, 15) is 0 Å². The molecule has 2 heterocycles. The maximum Gasteiger partial charge on any atom is 0.191 e. The van der Waals surface area contributed by atoms with Crippen molar-refractivity contribution in [3.63, 3.8) is 0 Å². The van der Waals surface area contributed by atoms with Gasteiger partial charge in [-0.05, 0) is 44.5 Å². The Morgan fingerprint density at radius 2 is 2.12 bits per heavy atom. The molecule has 176 valence electrons. The molecule has 8 nitrogen and oxygen atoms in total. The van der Waals surface area contributed by atoms with Crippen LogP contribution in [0.2, 0.25) is 0 Å². The molecular formula is C24H31IN6O2. The Morgan fingerprint density at radius 1 is 1.24 bits per heavy atom. The topological polar surface area (TPSA) is 96.5 Å². The van der Waals surface area contributed by atoms with Crippen molar-refractivity contribution in [3.05, 3.63) is 59.4 Å². The highest BCUT2D eigenvalue weighted by atomic mass is 127. The number of aliphatic imine (C=N–C) groups is 1. The number of halogens is 1. The van der Waals surface area contributed by atoms with Gasteiger partial charge in [-0.3, -0.25) is 5.10 Å². The standard InChI is InChI=1S/C24H30N6O2.HI/c1-4-25-24(26-13-17-7-6-8-18(10-17)23-28-15-29-30-23)27-14-20-12-22-19(9-16(3)32-22)11-21(20)31-5-2;/h6-8,10-12,15-16H,4-5,9,13-14H2,1-3H3,(H2,25,26,27)(H,28,29,30);1H. The van der Waals surface area contributed by atoms with Gasteiger partial charge in [0.05, 0.1) is 13.2 Å². The molecule has 1 unspecified atom stereocenters. The summed E-state index contributed by atoms with van der Waals surface area (Å²) in [5.41, 5.74) is 4.34. The number of guanidine groups is 1. The van der Waals surface area contributed by atoms with E-state index in [0.29, 0.717) is 19.7 Å². The van der Waals surface area contributed by atoms with Crippen LogP contribution in [0.15, 0.2) is 47.7 Å². The van der Waals surface area contributed by atoms with Crippen LogP contribution in [0, 0.1) is 0 Å². The van der Waals surface area contributed by atoms with Gasteiger partial charge in [0, 0.05) is 36.2 Å². The average Bonchev–Trinajstić information content (AvgIpc) is 3.45. The lowest BCUT2D eigenvalue weighted by atomic mass is 10.1. The van der Waals surface area contributed by atoms with Crippen LogP contribution in [0.5, 0.6) is 11.5 Å². The summed E-state index contributed by atoms with van der Waals surface area (Å²) in [4.78, 5) is 8.98. The minimum Gasteiger partial charge on any atom is -0.494 e. The zero-order valence-electron chi connectivity index (χ0n) is 19.2. The first-order chi connectivity index (χ1) is 15.7. The Hall–Kier alpha value is -2.82. The molecule has 9 heteroatoms. The number of nitrogens with zero attached hydrogens (tertiary/aromatic N) is 3. The highest BCUT2D eigenvalue weighted by Crippen LogP contribution is 2.35. The molecular weight excluding hydrogens is 531 g/mol. The van der Waals surface area contributed by atoms with Gasteiger partial charge in [0.1, 0.15) is 23.9 Å². The number of nitrogens with one attached hydrogen (secondary N) is 3. The third kappa shape index (κ3) is 6.37. The number of ether oxygens (including phenoxy) is 2. The summed E-state index contributed by atoms with van der Waals surface area (Å²) in [6, 6.07) is 12.3. The molecule has 33 heavy (non-hydrogen) atoms. The molecule has 1 aromatic heterocycles. The van der Waals surface area contributed by atoms with E-state index in [2.05, 4.69) is 63.9 Å². The van der Waals surface area contributed by atoms with Crippen molar-refractivity contribution in [1.29, 1.82) is 0 Å². The highest BCUT2D eigenvalue weighted by molar-refractivity contribution is 14.0. The summed E-state index contributed by atoms with van der Waals surface area (Å²) in [5, 5.41) is 13.6. The number of H-pyrrole nitrogens is 1. The van der Waals surface area contributed by atoms with Crippen LogP contribution in [0.3, 0.4) is 0 Å². The summed E-state index contributed by atoms with van der Waals surface area (Å²) < 4.78 is 11.8. The molecule has 3 N–H and O–H groups in total. The number of rotatable bonds is 8. The van der Waals surface area contributed by atoms with Gasteiger partial charge in [-0.25, -0.2) is 9.98 Å². The van der Waals surface area contributed by atoms with E-state index in [0.717, 1.165) is 52.9 Å². The summed E-state index contributed by atoms with van der Waals surface area (Å²) in [6.07, 6.45) is 2.63. The molecule has 0 saturated carbocycles. The van der Waals surface area contributed by atoms with Crippen LogP contribution in [0.1, 0.15) is 37.5 Å².